The maximum atomic E-state index is 14.8. The molecule has 13 heteroatoms. The van der Waals surface area contributed by atoms with Crippen LogP contribution in [0.5, 0.6) is 11.5 Å². The number of amides is 1. The van der Waals surface area contributed by atoms with Gasteiger partial charge in [0.1, 0.15) is 35.2 Å². The van der Waals surface area contributed by atoms with E-state index in [1.54, 1.807) is 36.8 Å². The number of phenols is 1. The van der Waals surface area contributed by atoms with Crippen molar-refractivity contribution < 1.29 is 24.2 Å². The maximum absolute atomic E-state index is 14.8. The maximum Gasteiger partial charge on any atom is 0.267 e. The fourth-order valence-corrected chi connectivity index (χ4v) is 5.27. The molecule has 3 heterocycles. The summed E-state index contributed by atoms with van der Waals surface area (Å²) in [6.07, 6.45) is 8.92. The summed E-state index contributed by atoms with van der Waals surface area (Å²) in [4.78, 5) is 26.5. The molecule has 2 aromatic heterocycles. The van der Waals surface area contributed by atoms with E-state index >= 15 is 0 Å². The van der Waals surface area contributed by atoms with Crippen LogP contribution in [-0.4, -0.2) is 57.4 Å². The summed E-state index contributed by atoms with van der Waals surface area (Å²) in [5, 5.41) is 42.2. The topological polar surface area (TPSA) is 180 Å². The molecule has 0 unspecified atom stereocenters. The predicted molar refractivity (Wildman–Crippen MR) is 166 cm³/mol. The number of hydroxylamine groups is 1. The number of aromatic hydroxyl groups is 1. The molecule has 5 rings (SSSR count). The van der Waals surface area contributed by atoms with Crippen LogP contribution in [0.3, 0.4) is 0 Å². The fraction of sp³-hybridized carbons (Fsp3) is 0.212. The van der Waals surface area contributed by atoms with Crippen molar-refractivity contribution in [1.82, 2.24) is 25.7 Å². The Morgan fingerprint density at radius 3 is 2.46 bits per heavy atom. The number of phenolic OH excluding ortho intramolecular Hbond substituents is 1. The van der Waals surface area contributed by atoms with Crippen LogP contribution in [0.15, 0.2) is 61.1 Å². The van der Waals surface area contributed by atoms with E-state index in [-0.39, 0.29) is 28.7 Å². The molecule has 1 fully saturated rings. The van der Waals surface area contributed by atoms with Crippen LogP contribution in [-0.2, 0) is 11.3 Å². The third-order valence-electron chi connectivity index (χ3n) is 7.64. The van der Waals surface area contributed by atoms with Gasteiger partial charge in [-0.1, -0.05) is 12.1 Å². The largest absolute Gasteiger partial charge is 0.504 e. The van der Waals surface area contributed by atoms with Crippen LogP contribution < -0.4 is 20.4 Å². The minimum Gasteiger partial charge on any atom is -0.504 e. The number of carbonyl (C=O) groups excluding carboxylic acids is 1. The standard InChI is InChI=1S/C33H29FN8O4/c1-46-29-6-5-21(13-28(29)43)26-18-40-33(25(15-36)32(26)22-3-4-23(14-35)27(34)12-22)42-10-8-24(9-11-42)37-19-30-38-16-20(17-39-30)2-7-31(44)41-45/h2-7,12-13,16-18,24,37,43,45H,8-11,19H2,1H3,(H,41,44)/b7-2+. The van der Waals surface area contributed by atoms with Crippen LogP contribution in [0.2, 0.25) is 0 Å². The molecule has 0 saturated carbocycles. The van der Waals surface area contributed by atoms with E-state index in [0.717, 1.165) is 12.8 Å². The molecule has 1 aliphatic rings. The molecular formula is C33H29FN8O4. The normalized spacial score (nSPS) is 13.3. The summed E-state index contributed by atoms with van der Waals surface area (Å²) in [6.45, 7) is 1.63. The number of nitriles is 2. The van der Waals surface area contributed by atoms with E-state index in [2.05, 4.69) is 26.3 Å². The van der Waals surface area contributed by atoms with E-state index in [1.807, 2.05) is 11.0 Å². The summed E-state index contributed by atoms with van der Waals surface area (Å²) >= 11 is 0. The molecule has 0 atom stereocenters. The fourth-order valence-electron chi connectivity index (χ4n) is 5.27. The molecule has 0 bridgehead atoms. The lowest BCUT2D eigenvalue weighted by molar-refractivity contribution is -0.124. The van der Waals surface area contributed by atoms with Crippen molar-refractivity contribution >= 4 is 17.8 Å². The van der Waals surface area contributed by atoms with E-state index in [1.165, 1.54) is 42.9 Å². The van der Waals surface area contributed by atoms with Gasteiger partial charge in [-0.05, 0) is 54.3 Å². The summed E-state index contributed by atoms with van der Waals surface area (Å²) in [6, 6.07) is 13.3. The Morgan fingerprint density at radius 1 is 1.09 bits per heavy atom. The van der Waals surface area contributed by atoms with Crippen LogP contribution >= 0.6 is 0 Å². The number of nitrogens with one attached hydrogen (secondary N) is 2. The number of halogens is 1. The Kier molecular flexibility index (Phi) is 9.78. The molecule has 2 aromatic carbocycles. The van der Waals surface area contributed by atoms with Crippen LogP contribution in [0.1, 0.15) is 35.4 Å². The second-order valence-corrected chi connectivity index (χ2v) is 10.4. The molecule has 0 spiro atoms. The zero-order valence-electron chi connectivity index (χ0n) is 24.7. The average Bonchev–Trinajstić information content (AvgIpc) is 3.09. The van der Waals surface area contributed by atoms with Gasteiger partial charge in [0.25, 0.3) is 5.91 Å². The van der Waals surface area contributed by atoms with E-state index in [4.69, 9.17) is 9.94 Å². The Labute approximate surface area is 264 Å². The first-order valence-corrected chi connectivity index (χ1v) is 14.3. The minimum absolute atomic E-state index is 0.0978. The van der Waals surface area contributed by atoms with Crippen molar-refractivity contribution in [2.75, 3.05) is 25.1 Å². The second-order valence-electron chi connectivity index (χ2n) is 10.4. The third-order valence-corrected chi connectivity index (χ3v) is 7.64. The summed E-state index contributed by atoms with van der Waals surface area (Å²) < 4.78 is 20.0. The highest BCUT2D eigenvalue weighted by atomic mass is 19.1. The molecule has 0 aliphatic carbocycles. The van der Waals surface area contributed by atoms with Gasteiger partial charge in [-0.2, -0.15) is 10.5 Å². The number of hydrogen-bond acceptors (Lipinski definition) is 11. The van der Waals surface area contributed by atoms with Crippen LogP contribution in [0.4, 0.5) is 10.2 Å². The number of anilines is 1. The first-order chi connectivity index (χ1) is 22.3. The number of rotatable bonds is 9. The first-order valence-electron chi connectivity index (χ1n) is 14.3. The lowest BCUT2D eigenvalue weighted by Crippen LogP contribution is -2.43. The van der Waals surface area contributed by atoms with Gasteiger partial charge in [-0.15, -0.1) is 0 Å². The highest BCUT2D eigenvalue weighted by Crippen LogP contribution is 2.41. The minimum atomic E-state index is -0.707. The van der Waals surface area contributed by atoms with Crippen molar-refractivity contribution in [1.29, 1.82) is 10.5 Å². The molecule has 46 heavy (non-hydrogen) atoms. The molecule has 1 amide bonds. The monoisotopic (exact) mass is 620 g/mol. The van der Waals surface area contributed by atoms with Gasteiger partial charge < -0.3 is 20.1 Å². The number of carbonyl (C=O) groups is 1. The molecule has 0 radical (unpaired) electrons. The van der Waals surface area contributed by atoms with Crippen LogP contribution in [0.25, 0.3) is 28.3 Å². The van der Waals surface area contributed by atoms with Crippen molar-refractivity contribution in [2.24, 2.45) is 0 Å². The summed E-state index contributed by atoms with van der Waals surface area (Å²) in [5.74, 6) is -0.131. The predicted octanol–water partition coefficient (Wildman–Crippen LogP) is 4.08. The first kappa shape index (κ1) is 31.5. The molecule has 232 valence electrons. The molecular weight excluding hydrogens is 591 g/mol. The number of piperidine rings is 1. The second kappa shape index (κ2) is 14.3. The summed E-state index contributed by atoms with van der Waals surface area (Å²) in [5.41, 5.74) is 4.17. The number of hydrogen-bond donors (Lipinski definition) is 4. The van der Waals surface area contributed by atoms with Crippen molar-refractivity contribution in [3.63, 3.8) is 0 Å². The molecule has 12 nitrogen and oxygen atoms in total. The van der Waals surface area contributed by atoms with Gasteiger partial charge in [-0.25, -0.2) is 24.8 Å². The molecule has 4 N–H and O–H groups in total. The number of pyridine rings is 1. The third kappa shape index (κ3) is 6.92. The highest BCUT2D eigenvalue weighted by Gasteiger charge is 2.26. The van der Waals surface area contributed by atoms with Crippen molar-refractivity contribution in [3.05, 3.63) is 89.4 Å². The number of benzene rings is 2. The zero-order chi connectivity index (χ0) is 32.6. The Morgan fingerprint density at radius 2 is 1.83 bits per heavy atom. The summed E-state index contributed by atoms with van der Waals surface area (Å²) in [7, 11) is 1.44. The van der Waals surface area contributed by atoms with Gasteiger partial charge in [0.15, 0.2) is 11.5 Å². The number of methoxy groups -OCH3 is 1. The lowest BCUT2D eigenvalue weighted by Gasteiger charge is -2.34. The van der Waals surface area contributed by atoms with Crippen molar-refractivity contribution in [3.8, 4) is 45.9 Å². The SMILES string of the molecule is COc1ccc(-c2cnc(N3CCC(NCc4ncc(/C=C/C(=O)NO)cn4)CC3)c(C#N)c2-c2ccc(C#N)c(F)c2)cc1O. The van der Waals surface area contributed by atoms with Gasteiger partial charge in [0.2, 0.25) is 0 Å². The smallest absolute Gasteiger partial charge is 0.267 e. The number of aromatic nitrogens is 3. The number of ether oxygens (including phenoxy) is 1. The number of nitrogens with zero attached hydrogens (tertiary/aromatic N) is 6. The average molecular weight is 621 g/mol. The van der Waals surface area contributed by atoms with Gasteiger partial charge in [-0.3, -0.25) is 10.0 Å². The van der Waals surface area contributed by atoms with E-state index in [0.29, 0.717) is 59.1 Å². The van der Waals surface area contributed by atoms with Crippen LogP contribution in [0, 0.1) is 28.5 Å². The molecule has 4 aromatic rings. The Bertz CT molecular complexity index is 1860. The Balaban J connectivity index is 1.36. The highest BCUT2D eigenvalue weighted by molar-refractivity contribution is 5.91. The van der Waals surface area contributed by atoms with E-state index < -0.39 is 11.7 Å². The van der Waals surface area contributed by atoms with E-state index in [9.17, 15) is 24.8 Å². The molecule has 1 aliphatic heterocycles. The zero-order valence-corrected chi connectivity index (χ0v) is 24.7. The molecule has 1 saturated heterocycles. The van der Waals surface area contributed by atoms with Gasteiger partial charge in [0, 0.05) is 60.5 Å². The van der Waals surface area contributed by atoms with Gasteiger partial charge >= 0.3 is 0 Å². The van der Waals surface area contributed by atoms with Crippen molar-refractivity contribution in [2.45, 2.75) is 25.4 Å². The Hall–Kier alpha value is -5.89. The quantitative estimate of drug-likeness (QED) is 0.120. The lowest BCUT2D eigenvalue weighted by atomic mass is 9.91. The van der Waals surface area contributed by atoms with Gasteiger partial charge in [0.05, 0.1) is 19.2 Å².